The molecule has 1 aliphatic heterocycles. The SMILES string of the molecule is COc1cnc(Nc2ccc(N3CCCC3=O)cc2)nc1-c1cnn(C(CC#N)C2CCCC2)c1. The molecular weight excluding hydrogens is 442 g/mol. The van der Waals surface area contributed by atoms with Gasteiger partial charge in [-0.25, -0.2) is 9.97 Å². The lowest BCUT2D eigenvalue weighted by atomic mass is 9.96. The van der Waals surface area contributed by atoms with Crippen molar-refractivity contribution < 1.29 is 9.53 Å². The zero-order chi connectivity index (χ0) is 24.2. The van der Waals surface area contributed by atoms with Gasteiger partial charge in [0.15, 0.2) is 5.75 Å². The third-order valence-corrected chi connectivity index (χ3v) is 6.94. The van der Waals surface area contributed by atoms with E-state index in [0.29, 0.717) is 36.2 Å². The van der Waals surface area contributed by atoms with Crippen LogP contribution in [-0.4, -0.2) is 39.3 Å². The van der Waals surface area contributed by atoms with Gasteiger partial charge in [-0.3, -0.25) is 9.48 Å². The average molecular weight is 472 g/mol. The topological polar surface area (TPSA) is 109 Å². The van der Waals surface area contributed by atoms with Crippen LogP contribution >= 0.6 is 0 Å². The number of aromatic nitrogens is 4. The Labute approximate surface area is 204 Å². The lowest BCUT2D eigenvalue weighted by molar-refractivity contribution is -0.117. The van der Waals surface area contributed by atoms with Gasteiger partial charge < -0.3 is 15.0 Å². The van der Waals surface area contributed by atoms with E-state index in [1.54, 1.807) is 19.5 Å². The minimum Gasteiger partial charge on any atom is -0.493 e. The van der Waals surface area contributed by atoms with Crippen molar-refractivity contribution >= 4 is 23.2 Å². The van der Waals surface area contributed by atoms with Crippen LogP contribution in [0.4, 0.5) is 17.3 Å². The summed E-state index contributed by atoms with van der Waals surface area (Å²) in [6.07, 6.45) is 12.0. The van der Waals surface area contributed by atoms with Crippen LogP contribution in [0.1, 0.15) is 51.0 Å². The zero-order valence-corrected chi connectivity index (χ0v) is 19.9. The Hall–Kier alpha value is -3.93. The molecule has 1 atom stereocenters. The van der Waals surface area contributed by atoms with Crippen LogP contribution < -0.4 is 15.0 Å². The highest BCUT2D eigenvalue weighted by atomic mass is 16.5. The van der Waals surface area contributed by atoms with Gasteiger partial charge in [0.05, 0.1) is 38.0 Å². The number of rotatable bonds is 8. The van der Waals surface area contributed by atoms with Gasteiger partial charge in [0.2, 0.25) is 11.9 Å². The highest BCUT2D eigenvalue weighted by Crippen LogP contribution is 2.37. The van der Waals surface area contributed by atoms with Crippen LogP contribution in [-0.2, 0) is 4.79 Å². The van der Waals surface area contributed by atoms with Gasteiger partial charge in [0.1, 0.15) is 5.69 Å². The summed E-state index contributed by atoms with van der Waals surface area (Å²) in [6.45, 7) is 0.764. The highest BCUT2D eigenvalue weighted by Gasteiger charge is 2.27. The molecule has 9 nitrogen and oxygen atoms in total. The van der Waals surface area contributed by atoms with E-state index in [0.717, 1.165) is 42.7 Å². The fourth-order valence-corrected chi connectivity index (χ4v) is 5.12. The number of methoxy groups -OCH3 is 1. The van der Waals surface area contributed by atoms with Gasteiger partial charge in [-0.1, -0.05) is 12.8 Å². The molecule has 35 heavy (non-hydrogen) atoms. The first-order chi connectivity index (χ1) is 17.2. The summed E-state index contributed by atoms with van der Waals surface area (Å²) in [6, 6.07) is 10.1. The molecule has 9 heteroatoms. The van der Waals surface area contributed by atoms with E-state index in [-0.39, 0.29) is 11.9 Å². The molecule has 1 unspecified atom stereocenters. The van der Waals surface area contributed by atoms with Crippen molar-refractivity contribution in [3.63, 3.8) is 0 Å². The Morgan fingerprint density at radius 1 is 1.20 bits per heavy atom. The Bertz CT molecular complexity index is 1230. The van der Waals surface area contributed by atoms with Crippen molar-refractivity contribution in [1.82, 2.24) is 19.7 Å². The number of benzene rings is 1. The molecular formula is C26H29N7O2. The smallest absolute Gasteiger partial charge is 0.227 e. The first-order valence-corrected chi connectivity index (χ1v) is 12.2. The number of carbonyl (C=O) groups is 1. The lowest BCUT2D eigenvalue weighted by Crippen LogP contribution is -2.23. The fraction of sp³-hybridized carbons (Fsp3) is 0.423. The summed E-state index contributed by atoms with van der Waals surface area (Å²) >= 11 is 0. The van der Waals surface area contributed by atoms with E-state index in [1.807, 2.05) is 40.0 Å². The minimum absolute atomic E-state index is 0.0719. The number of hydrogen-bond acceptors (Lipinski definition) is 7. The molecule has 5 rings (SSSR count). The molecule has 1 N–H and O–H groups in total. The van der Waals surface area contributed by atoms with Crippen molar-refractivity contribution in [3.05, 3.63) is 42.9 Å². The molecule has 0 bridgehead atoms. The maximum atomic E-state index is 12.0. The summed E-state index contributed by atoms with van der Waals surface area (Å²) in [5.41, 5.74) is 3.17. The summed E-state index contributed by atoms with van der Waals surface area (Å²) in [7, 11) is 1.59. The molecule has 2 aliphatic rings. The number of ether oxygens (including phenoxy) is 1. The Kier molecular flexibility index (Phi) is 6.62. The number of nitrogens with one attached hydrogen (secondary N) is 1. The molecule has 1 saturated carbocycles. The molecule has 3 aromatic rings. The first-order valence-electron chi connectivity index (χ1n) is 12.2. The fourth-order valence-electron chi connectivity index (χ4n) is 5.12. The van der Waals surface area contributed by atoms with Crippen LogP contribution in [0.5, 0.6) is 5.75 Å². The monoisotopic (exact) mass is 471 g/mol. The van der Waals surface area contributed by atoms with Crippen LogP contribution in [0.15, 0.2) is 42.9 Å². The number of nitrogens with zero attached hydrogens (tertiary/aromatic N) is 6. The molecule has 1 amide bonds. The van der Waals surface area contributed by atoms with Crippen LogP contribution in [0.3, 0.4) is 0 Å². The van der Waals surface area contributed by atoms with Gasteiger partial charge in [-0.15, -0.1) is 0 Å². The molecule has 0 radical (unpaired) electrons. The Morgan fingerprint density at radius 3 is 2.69 bits per heavy atom. The Morgan fingerprint density at radius 2 is 2.00 bits per heavy atom. The molecule has 3 heterocycles. The standard InChI is InChI=1S/C26H29N7O2/c1-35-23-16-28-26(30-20-8-10-21(11-9-20)32-14-4-7-24(32)34)31-25(23)19-15-29-33(17-19)22(12-13-27)18-5-2-3-6-18/h8-11,15-18,22H,2-7,12,14H2,1H3,(H,28,30,31). The van der Waals surface area contributed by atoms with Crippen molar-refractivity contribution in [2.24, 2.45) is 5.92 Å². The van der Waals surface area contributed by atoms with E-state index < -0.39 is 0 Å². The molecule has 2 aromatic heterocycles. The highest BCUT2D eigenvalue weighted by molar-refractivity contribution is 5.95. The quantitative estimate of drug-likeness (QED) is 0.499. The third-order valence-electron chi connectivity index (χ3n) is 6.94. The molecule has 0 spiro atoms. The van der Waals surface area contributed by atoms with Gasteiger partial charge in [-0.2, -0.15) is 10.4 Å². The van der Waals surface area contributed by atoms with Gasteiger partial charge in [0.25, 0.3) is 0 Å². The second-order valence-corrected chi connectivity index (χ2v) is 9.11. The number of amides is 1. The van der Waals surface area contributed by atoms with E-state index in [1.165, 1.54) is 12.8 Å². The lowest BCUT2D eigenvalue weighted by Gasteiger charge is -2.21. The van der Waals surface area contributed by atoms with Crippen LogP contribution in [0.2, 0.25) is 0 Å². The number of carbonyl (C=O) groups excluding carboxylic acids is 1. The first kappa shape index (κ1) is 22.8. The van der Waals surface area contributed by atoms with Gasteiger partial charge in [-0.05, 0) is 49.4 Å². The van der Waals surface area contributed by atoms with Crippen molar-refractivity contribution in [2.75, 3.05) is 23.9 Å². The van der Waals surface area contributed by atoms with Crippen LogP contribution in [0, 0.1) is 17.2 Å². The summed E-state index contributed by atoms with van der Waals surface area (Å²) in [5.74, 6) is 1.63. The van der Waals surface area contributed by atoms with E-state index in [9.17, 15) is 10.1 Å². The molecule has 2 fully saturated rings. The van der Waals surface area contributed by atoms with E-state index in [2.05, 4.69) is 21.5 Å². The maximum Gasteiger partial charge on any atom is 0.227 e. The van der Waals surface area contributed by atoms with Crippen molar-refractivity contribution in [2.45, 2.75) is 51.0 Å². The van der Waals surface area contributed by atoms with Crippen molar-refractivity contribution in [3.8, 4) is 23.1 Å². The number of nitriles is 1. The van der Waals surface area contributed by atoms with Crippen LogP contribution in [0.25, 0.3) is 11.3 Å². The zero-order valence-electron chi connectivity index (χ0n) is 19.9. The number of anilines is 3. The van der Waals surface area contributed by atoms with E-state index >= 15 is 0 Å². The predicted octanol–water partition coefficient (Wildman–Crippen LogP) is 4.86. The minimum atomic E-state index is 0.0719. The normalized spacial score (nSPS) is 16.9. The molecule has 1 saturated heterocycles. The summed E-state index contributed by atoms with van der Waals surface area (Å²) < 4.78 is 7.44. The average Bonchev–Trinajstić information content (AvgIpc) is 3.66. The summed E-state index contributed by atoms with van der Waals surface area (Å²) in [5, 5.41) is 17.2. The molecule has 1 aliphatic carbocycles. The Balaban J connectivity index is 1.37. The van der Waals surface area contributed by atoms with E-state index in [4.69, 9.17) is 9.72 Å². The maximum absolute atomic E-state index is 12.0. The predicted molar refractivity (Wildman–Crippen MR) is 132 cm³/mol. The van der Waals surface area contributed by atoms with Crippen molar-refractivity contribution in [1.29, 1.82) is 5.26 Å². The third kappa shape index (κ3) is 4.83. The molecule has 180 valence electrons. The molecule has 1 aromatic carbocycles. The van der Waals surface area contributed by atoms with Gasteiger partial charge >= 0.3 is 0 Å². The second kappa shape index (κ2) is 10.1. The summed E-state index contributed by atoms with van der Waals surface area (Å²) in [4.78, 5) is 22.9. The number of hydrogen-bond donors (Lipinski definition) is 1. The second-order valence-electron chi connectivity index (χ2n) is 9.11. The largest absolute Gasteiger partial charge is 0.493 e. The van der Waals surface area contributed by atoms with Gasteiger partial charge in [0, 0.05) is 36.1 Å².